The van der Waals surface area contributed by atoms with E-state index in [2.05, 4.69) is 15.9 Å². The molecule has 0 bridgehead atoms. The lowest BCUT2D eigenvalue weighted by Crippen LogP contribution is -2.35. The van der Waals surface area contributed by atoms with Gasteiger partial charge in [0.05, 0.1) is 11.4 Å². The molecule has 18 heavy (non-hydrogen) atoms. The SMILES string of the molecule is CCC(Br)C(=O)N(C)CCOc1ccccc1F. The number of alkyl halides is 1. The van der Waals surface area contributed by atoms with Gasteiger partial charge in [0.25, 0.3) is 0 Å². The van der Waals surface area contributed by atoms with Crippen LogP contribution in [0.2, 0.25) is 0 Å². The predicted octanol–water partition coefficient (Wildman–Crippen LogP) is 2.84. The molecule has 0 fully saturated rings. The van der Waals surface area contributed by atoms with Crippen LogP contribution in [0.25, 0.3) is 0 Å². The van der Waals surface area contributed by atoms with E-state index >= 15 is 0 Å². The van der Waals surface area contributed by atoms with Crippen LogP contribution in [0, 0.1) is 5.82 Å². The van der Waals surface area contributed by atoms with Crippen molar-refractivity contribution in [2.24, 2.45) is 0 Å². The second-order valence-electron chi connectivity index (χ2n) is 3.91. The predicted molar refractivity (Wildman–Crippen MR) is 72.5 cm³/mol. The quantitative estimate of drug-likeness (QED) is 0.755. The molecule has 0 saturated heterocycles. The van der Waals surface area contributed by atoms with Gasteiger partial charge >= 0.3 is 0 Å². The molecule has 0 heterocycles. The van der Waals surface area contributed by atoms with Gasteiger partial charge in [-0.2, -0.15) is 0 Å². The average Bonchev–Trinajstić information content (AvgIpc) is 2.39. The highest BCUT2D eigenvalue weighted by molar-refractivity contribution is 9.10. The Balaban J connectivity index is 2.38. The lowest BCUT2D eigenvalue weighted by molar-refractivity contribution is -0.129. The van der Waals surface area contributed by atoms with Crippen LogP contribution < -0.4 is 4.74 Å². The molecular weight excluding hydrogens is 301 g/mol. The minimum atomic E-state index is -0.390. The van der Waals surface area contributed by atoms with Gasteiger partial charge in [0.1, 0.15) is 6.61 Å². The van der Waals surface area contributed by atoms with Gasteiger partial charge in [-0.05, 0) is 18.6 Å². The molecule has 0 radical (unpaired) electrons. The van der Waals surface area contributed by atoms with Gasteiger partial charge in [0, 0.05) is 7.05 Å². The minimum Gasteiger partial charge on any atom is -0.489 e. The van der Waals surface area contributed by atoms with Crippen molar-refractivity contribution in [1.82, 2.24) is 4.90 Å². The number of hydrogen-bond donors (Lipinski definition) is 0. The van der Waals surface area contributed by atoms with E-state index in [0.717, 1.165) is 6.42 Å². The zero-order chi connectivity index (χ0) is 13.5. The maximum absolute atomic E-state index is 13.2. The number of carbonyl (C=O) groups excluding carboxylic acids is 1. The van der Waals surface area contributed by atoms with Gasteiger partial charge in [-0.1, -0.05) is 35.0 Å². The number of rotatable bonds is 6. The lowest BCUT2D eigenvalue weighted by atomic mass is 10.3. The second kappa shape index (κ2) is 7.36. The zero-order valence-electron chi connectivity index (χ0n) is 10.5. The molecule has 0 aromatic heterocycles. The summed E-state index contributed by atoms with van der Waals surface area (Å²) in [4.78, 5) is 13.1. The summed E-state index contributed by atoms with van der Waals surface area (Å²) in [5.74, 6) is -0.169. The zero-order valence-corrected chi connectivity index (χ0v) is 12.1. The van der Waals surface area contributed by atoms with Crippen LogP contribution in [-0.4, -0.2) is 35.8 Å². The van der Waals surface area contributed by atoms with Gasteiger partial charge in [-0.15, -0.1) is 0 Å². The van der Waals surface area contributed by atoms with Gasteiger partial charge in [0.15, 0.2) is 11.6 Å². The van der Waals surface area contributed by atoms with Crippen LogP contribution in [-0.2, 0) is 4.79 Å². The number of halogens is 2. The normalized spacial score (nSPS) is 12.0. The molecule has 0 N–H and O–H groups in total. The van der Waals surface area contributed by atoms with Crippen LogP contribution in [0.5, 0.6) is 5.75 Å². The second-order valence-corrected chi connectivity index (χ2v) is 5.02. The van der Waals surface area contributed by atoms with E-state index < -0.39 is 5.82 Å². The monoisotopic (exact) mass is 317 g/mol. The van der Waals surface area contributed by atoms with Crippen molar-refractivity contribution >= 4 is 21.8 Å². The third-order valence-electron chi connectivity index (χ3n) is 2.52. The molecule has 0 saturated carbocycles. The van der Waals surface area contributed by atoms with Crippen molar-refractivity contribution in [1.29, 1.82) is 0 Å². The number of likely N-dealkylation sites (N-methyl/N-ethyl adjacent to an activating group) is 1. The van der Waals surface area contributed by atoms with Gasteiger partial charge < -0.3 is 9.64 Å². The fourth-order valence-corrected chi connectivity index (χ4v) is 1.73. The number of ether oxygens (including phenoxy) is 1. The molecule has 0 aliphatic heterocycles. The van der Waals surface area contributed by atoms with Crippen molar-refractivity contribution in [3.8, 4) is 5.75 Å². The Morgan fingerprint density at radius 1 is 1.50 bits per heavy atom. The van der Waals surface area contributed by atoms with Crippen molar-refractivity contribution in [2.45, 2.75) is 18.2 Å². The third-order valence-corrected chi connectivity index (χ3v) is 3.56. The highest BCUT2D eigenvalue weighted by Gasteiger charge is 2.16. The van der Waals surface area contributed by atoms with E-state index in [1.165, 1.54) is 6.07 Å². The standard InChI is InChI=1S/C13H17BrFNO2/c1-3-10(14)13(17)16(2)8-9-18-12-7-5-4-6-11(12)15/h4-7,10H,3,8-9H2,1-2H3. The average molecular weight is 318 g/mol. The van der Waals surface area contributed by atoms with Crippen LogP contribution in [0.1, 0.15) is 13.3 Å². The molecule has 1 atom stereocenters. The van der Waals surface area contributed by atoms with Crippen molar-refractivity contribution in [3.05, 3.63) is 30.1 Å². The number of carbonyl (C=O) groups is 1. The Hall–Kier alpha value is -1.10. The molecule has 0 aliphatic carbocycles. The molecule has 1 amide bonds. The Kier molecular flexibility index (Phi) is 6.12. The van der Waals surface area contributed by atoms with Crippen LogP contribution in [0.3, 0.4) is 0 Å². The molecule has 3 nitrogen and oxygen atoms in total. The summed E-state index contributed by atoms with van der Waals surface area (Å²) in [6, 6.07) is 6.22. The first kappa shape index (κ1) is 15.0. The van der Waals surface area contributed by atoms with Crippen molar-refractivity contribution < 1.29 is 13.9 Å². The number of hydrogen-bond acceptors (Lipinski definition) is 2. The van der Waals surface area contributed by atoms with E-state index in [1.54, 1.807) is 30.1 Å². The van der Waals surface area contributed by atoms with Gasteiger partial charge in [0.2, 0.25) is 5.91 Å². The first-order valence-corrected chi connectivity index (χ1v) is 6.74. The number of para-hydroxylation sites is 1. The summed E-state index contributed by atoms with van der Waals surface area (Å²) in [7, 11) is 1.71. The van der Waals surface area contributed by atoms with Crippen LogP contribution in [0.15, 0.2) is 24.3 Å². The van der Waals surface area contributed by atoms with Crippen molar-refractivity contribution in [2.75, 3.05) is 20.2 Å². The Morgan fingerprint density at radius 2 is 2.17 bits per heavy atom. The summed E-state index contributed by atoms with van der Waals surface area (Å²) >= 11 is 3.30. The smallest absolute Gasteiger partial charge is 0.236 e. The van der Waals surface area contributed by atoms with Crippen molar-refractivity contribution in [3.63, 3.8) is 0 Å². The fraction of sp³-hybridized carbons (Fsp3) is 0.462. The Morgan fingerprint density at radius 3 is 2.78 bits per heavy atom. The maximum Gasteiger partial charge on any atom is 0.236 e. The van der Waals surface area contributed by atoms with E-state index in [1.807, 2.05) is 6.92 Å². The number of benzene rings is 1. The van der Waals surface area contributed by atoms with E-state index in [-0.39, 0.29) is 23.1 Å². The first-order chi connectivity index (χ1) is 8.56. The van der Waals surface area contributed by atoms with Gasteiger partial charge in [-0.3, -0.25) is 4.79 Å². The summed E-state index contributed by atoms with van der Waals surface area (Å²) in [6.45, 7) is 2.63. The van der Waals surface area contributed by atoms with E-state index in [0.29, 0.717) is 6.54 Å². The molecule has 0 spiro atoms. The topological polar surface area (TPSA) is 29.5 Å². The molecule has 100 valence electrons. The Labute approximate surface area is 115 Å². The molecule has 1 aromatic carbocycles. The third kappa shape index (κ3) is 4.29. The molecule has 1 rings (SSSR count). The summed E-state index contributed by atoms with van der Waals surface area (Å²) in [5.41, 5.74) is 0. The summed E-state index contributed by atoms with van der Waals surface area (Å²) in [6.07, 6.45) is 0.733. The fourth-order valence-electron chi connectivity index (χ4n) is 1.38. The molecule has 0 aliphatic rings. The Bertz CT molecular complexity index is 400. The van der Waals surface area contributed by atoms with Crippen LogP contribution in [0.4, 0.5) is 4.39 Å². The maximum atomic E-state index is 13.2. The largest absolute Gasteiger partial charge is 0.489 e. The number of amides is 1. The van der Waals surface area contributed by atoms with E-state index in [4.69, 9.17) is 4.74 Å². The lowest BCUT2D eigenvalue weighted by Gasteiger charge is -2.20. The highest BCUT2D eigenvalue weighted by atomic mass is 79.9. The highest BCUT2D eigenvalue weighted by Crippen LogP contribution is 2.15. The summed E-state index contributed by atoms with van der Waals surface area (Å²) in [5, 5.41) is 0. The molecule has 1 aromatic rings. The molecule has 1 unspecified atom stereocenters. The number of nitrogens with zero attached hydrogens (tertiary/aromatic N) is 1. The minimum absolute atomic E-state index is 0.00892. The molecular formula is C13H17BrFNO2. The molecule has 5 heteroatoms. The summed E-state index contributed by atoms with van der Waals surface area (Å²) < 4.78 is 18.5. The van der Waals surface area contributed by atoms with E-state index in [9.17, 15) is 9.18 Å². The van der Waals surface area contributed by atoms with Gasteiger partial charge in [-0.25, -0.2) is 4.39 Å². The van der Waals surface area contributed by atoms with Crippen LogP contribution >= 0.6 is 15.9 Å². The first-order valence-electron chi connectivity index (χ1n) is 5.82.